The zero-order valence-electron chi connectivity index (χ0n) is 50.3. The van der Waals surface area contributed by atoms with Gasteiger partial charge >= 0.3 is 17.9 Å². The number of ether oxygens (including phenoxy) is 3. The molecule has 0 fully saturated rings. The van der Waals surface area contributed by atoms with Crippen LogP contribution >= 0.6 is 0 Å². The standard InChI is InChI=1S/C70H122O6/c1-4-7-10-13-16-19-22-25-28-30-31-32-33-34-35-36-37-38-39-41-42-45-48-51-54-57-60-63-69(72)75-66-67(65-74-68(71)62-59-56-53-50-47-44-27-24-21-18-15-12-9-6-3)76-70(73)64-61-58-55-52-49-46-43-40-29-26-23-20-17-14-11-8-5-2/h8,11,17,20,22,24-27,29-31,43,46,67H,4-7,9-10,12-16,18-19,21,23,28,32-42,44-45,47-66H2,1-3H3/b11-8-,20-17-,25-22-,27-24-,29-26-,31-30-,46-43-. The number of allylic oxidation sites excluding steroid dienone is 14. The summed E-state index contributed by atoms with van der Waals surface area (Å²) >= 11 is 0. The van der Waals surface area contributed by atoms with Gasteiger partial charge in [0.25, 0.3) is 0 Å². The monoisotopic (exact) mass is 1060 g/mol. The third-order valence-corrected chi connectivity index (χ3v) is 14.1. The van der Waals surface area contributed by atoms with E-state index in [-0.39, 0.29) is 31.1 Å². The predicted molar refractivity (Wildman–Crippen MR) is 330 cm³/mol. The lowest BCUT2D eigenvalue weighted by Crippen LogP contribution is -2.30. The highest BCUT2D eigenvalue weighted by atomic mass is 16.6. The number of unbranched alkanes of at least 4 members (excludes halogenated alkanes) is 34. The van der Waals surface area contributed by atoms with E-state index in [0.29, 0.717) is 19.3 Å². The van der Waals surface area contributed by atoms with Crippen LogP contribution in [-0.4, -0.2) is 37.2 Å². The Labute approximate surface area is 471 Å². The van der Waals surface area contributed by atoms with Crippen molar-refractivity contribution in [2.24, 2.45) is 0 Å². The average Bonchev–Trinajstić information content (AvgIpc) is 3.42. The fraction of sp³-hybridized carbons (Fsp3) is 0.757. The van der Waals surface area contributed by atoms with Gasteiger partial charge in [-0.25, -0.2) is 0 Å². The Hall–Kier alpha value is -3.41. The predicted octanol–water partition coefficient (Wildman–Crippen LogP) is 22.3. The minimum absolute atomic E-state index is 0.0876. The molecule has 0 N–H and O–H groups in total. The summed E-state index contributed by atoms with van der Waals surface area (Å²) in [5.41, 5.74) is 0. The Kier molecular flexibility index (Phi) is 61.2. The molecular formula is C70H122O6. The molecule has 1 unspecified atom stereocenters. The Morgan fingerprint density at radius 1 is 0.276 bits per heavy atom. The second kappa shape index (κ2) is 64.1. The van der Waals surface area contributed by atoms with E-state index in [9.17, 15) is 14.4 Å². The lowest BCUT2D eigenvalue weighted by molar-refractivity contribution is -0.167. The van der Waals surface area contributed by atoms with Crippen LogP contribution in [0.3, 0.4) is 0 Å². The van der Waals surface area contributed by atoms with E-state index in [1.807, 2.05) is 0 Å². The Bertz CT molecular complexity index is 1450. The second-order valence-electron chi connectivity index (χ2n) is 21.6. The van der Waals surface area contributed by atoms with Crippen LogP contribution < -0.4 is 0 Å². The molecule has 438 valence electrons. The fourth-order valence-corrected chi connectivity index (χ4v) is 9.23. The van der Waals surface area contributed by atoms with Crippen LogP contribution in [0.4, 0.5) is 0 Å². The second-order valence-corrected chi connectivity index (χ2v) is 21.6. The number of hydrogen-bond acceptors (Lipinski definition) is 6. The first-order valence-electron chi connectivity index (χ1n) is 32.6. The molecular weight excluding hydrogens is 937 g/mol. The van der Waals surface area contributed by atoms with Crippen LogP contribution in [0.2, 0.25) is 0 Å². The highest BCUT2D eigenvalue weighted by molar-refractivity contribution is 5.71. The molecule has 0 heterocycles. The van der Waals surface area contributed by atoms with Gasteiger partial charge in [-0.2, -0.15) is 0 Å². The Balaban J connectivity index is 4.30. The number of rotatable bonds is 59. The summed E-state index contributed by atoms with van der Waals surface area (Å²) in [6.07, 6.45) is 84.5. The van der Waals surface area contributed by atoms with Crippen molar-refractivity contribution in [3.05, 3.63) is 85.1 Å². The zero-order valence-corrected chi connectivity index (χ0v) is 50.3. The van der Waals surface area contributed by atoms with E-state index in [2.05, 4.69) is 106 Å². The molecule has 1 atom stereocenters. The van der Waals surface area contributed by atoms with Crippen molar-refractivity contribution in [1.29, 1.82) is 0 Å². The van der Waals surface area contributed by atoms with Crippen LogP contribution in [-0.2, 0) is 28.6 Å². The van der Waals surface area contributed by atoms with Crippen molar-refractivity contribution < 1.29 is 28.6 Å². The molecule has 0 aromatic heterocycles. The first kappa shape index (κ1) is 72.6. The lowest BCUT2D eigenvalue weighted by Gasteiger charge is -2.18. The SMILES string of the molecule is CC/C=C\C/C=C\C/C=C\C/C=C\CCCCCCC(=O)OC(COC(=O)CCCCCCC/C=C\CCCCCCC)COC(=O)CCCCCCCCCCCCCCCCC/C=C\C/C=C\CCCCCCC. The van der Waals surface area contributed by atoms with Gasteiger partial charge in [0.05, 0.1) is 0 Å². The molecule has 76 heavy (non-hydrogen) atoms. The maximum atomic E-state index is 12.9. The Morgan fingerprint density at radius 3 is 0.816 bits per heavy atom. The first-order chi connectivity index (χ1) is 37.5. The van der Waals surface area contributed by atoms with E-state index in [1.165, 1.54) is 173 Å². The van der Waals surface area contributed by atoms with Crippen molar-refractivity contribution in [2.75, 3.05) is 13.2 Å². The van der Waals surface area contributed by atoms with Crippen LogP contribution in [0, 0.1) is 0 Å². The number of carbonyl (C=O) groups is 3. The number of hydrogen-bond donors (Lipinski definition) is 0. The molecule has 0 aliphatic heterocycles. The van der Waals surface area contributed by atoms with E-state index >= 15 is 0 Å². The van der Waals surface area contributed by atoms with Crippen molar-refractivity contribution in [2.45, 2.75) is 329 Å². The lowest BCUT2D eigenvalue weighted by atomic mass is 10.0. The van der Waals surface area contributed by atoms with Gasteiger partial charge in [-0.3, -0.25) is 14.4 Å². The topological polar surface area (TPSA) is 78.9 Å². The van der Waals surface area contributed by atoms with Crippen LogP contribution in [0.25, 0.3) is 0 Å². The summed E-state index contributed by atoms with van der Waals surface area (Å²) in [5.74, 6) is -0.909. The molecule has 0 aromatic carbocycles. The van der Waals surface area contributed by atoms with Crippen LogP contribution in [0.5, 0.6) is 0 Å². The summed E-state index contributed by atoms with van der Waals surface area (Å²) in [4.78, 5) is 38.3. The van der Waals surface area contributed by atoms with E-state index < -0.39 is 6.10 Å². The van der Waals surface area contributed by atoms with Crippen LogP contribution in [0.15, 0.2) is 85.1 Å². The van der Waals surface area contributed by atoms with E-state index in [1.54, 1.807) is 0 Å². The van der Waals surface area contributed by atoms with Crippen molar-refractivity contribution in [1.82, 2.24) is 0 Å². The zero-order chi connectivity index (χ0) is 55.0. The maximum Gasteiger partial charge on any atom is 0.306 e. The number of esters is 3. The minimum atomic E-state index is -0.794. The summed E-state index contributed by atoms with van der Waals surface area (Å²) in [5, 5.41) is 0. The van der Waals surface area contributed by atoms with Gasteiger partial charge in [-0.1, -0.05) is 273 Å². The molecule has 0 saturated carbocycles. The molecule has 6 heteroatoms. The van der Waals surface area contributed by atoms with Gasteiger partial charge in [0, 0.05) is 19.3 Å². The molecule has 0 amide bonds. The highest BCUT2D eigenvalue weighted by Gasteiger charge is 2.19. The fourth-order valence-electron chi connectivity index (χ4n) is 9.23. The quantitative estimate of drug-likeness (QED) is 0.0261. The van der Waals surface area contributed by atoms with Crippen molar-refractivity contribution in [3.63, 3.8) is 0 Å². The largest absolute Gasteiger partial charge is 0.462 e. The molecule has 0 aliphatic carbocycles. The molecule has 0 saturated heterocycles. The van der Waals surface area contributed by atoms with Crippen molar-refractivity contribution in [3.8, 4) is 0 Å². The van der Waals surface area contributed by atoms with Crippen LogP contribution in [0.1, 0.15) is 323 Å². The molecule has 6 nitrogen and oxygen atoms in total. The molecule has 0 spiro atoms. The average molecular weight is 1060 g/mol. The summed E-state index contributed by atoms with van der Waals surface area (Å²) < 4.78 is 16.9. The summed E-state index contributed by atoms with van der Waals surface area (Å²) in [7, 11) is 0. The molecule has 0 bridgehead atoms. The third kappa shape index (κ3) is 61.4. The van der Waals surface area contributed by atoms with Gasteiger partial charge in [-0.15, -0.1) is 0 Å². The molecule has 0 aliphatic rings. The number of carbonyl (C=O) groups excluding carboxylic acids is 3. The van der Waals surface area contributed by atoms with Gasteiger partial charge in [0.2, 0.25) is 0 Å². The third-order valence-electron chi connectivity index (χ3n) is 14.1. The van der Waals surface area contributed by atoms with Crippen molar-refractivity contribution >= 4 is 17.9 Å². The molecule has 0 radical (unpaired) electrons. The van der Waals surface area contributed by atoms with E-state index in [4.69, 9.17) is 14.2 Å². The Morgan fingerprint density at radius 2 is 0.513 bits per heavy atom. The summed E-state index contributed by atoms with van der Waals surface area (Å²) in [6.45, 7) is 6.51. The smallest absolute Gasteiger partial charge is 0.306 e. The minimum Gasteiger partial charge on any atom is -0.462 e. The van der Waals surface area contributed by atoms with Gasteiger partial charge in [-0.05, 0) is 116 Å². The normalized spacial score (nSPS) is 12.6. The molecule has 0 rings (SSSR count). The van der Waals surface area contributed by atoms with E-state index in [0.717, 1.165) is 109 Å². The van der Waals surface area contributed by atoms with Gasteiger partial charge in [0.15, 0.2) is 6.10 Å². The molecule has 0 aromatic rings. The van der Waals surface area contributed by atoms with Gasteiger partial charge in [0.1, 0.15) is 13.2 Å². The highest BCUT2D eigenvalue weighted by Crippen LogP contribution is 2.16. The first-order valence-corrected chi connectivity index (χ1v) is 32.6. The maximum absolute atomic E-state index is 12.9. The van der Waals surface area contributed by atoms with Gasteiger partial charge < -0.3 is 14.2 Å². The summed E-state index contributed by atoms with van der Waals surface area (Å²) in [6, 6.07) is 0.